The van der Waals surface area contributed by atoms with Gasteiger partial charge in [-0.25, -0.2) is 4.79 Å². The second-order valence-corrected chi connectivity index (χ2v) is 9.86. The van der Waals surface area contributed by atoms with Gasteiger partial charge < -0.3 is 14.7 Å². The molecule has 4 heteroatoms. The average Bonchev–Trinajstić information content (AvgIpc) is 2.65. The van der Waals surface area contributed by atoms with Gasteiger partial charge in [0.1, 0.15) is 0 Å². The van der Waals surface area contributed by atoms with E-state index in [0.717, 1.165) is 36.8 Å². The van der Waals surface area contributed by atoms with E-state index in [2.05, 4.69) is 20.8 Å². The fourth-order valence-electron chi connectivity index (χ4n) is 4.97. The zero-order valence-electron chi connectivity index (χ0n) is 19.2. The Morgan fingerprint density at radius 2 is 1.69 bits per heavy atom. The fraction of sp³-hybridized carbons (Fsp3) is 0.640. The van der Waals surface area contributed by atoms with E-state index in [1.165, 1.54) is 0 Å². The van der Waals surface area contributed by atoms with Crippen LogP contribution in [0.4, 0.5) is 4.79 Å². The van der Waals surface area contributed by atoms with Crippen LogP contribution in [0.25, 0.3) is 0 Å². The summed E-state index contributed by atoms with van der Waals surface area (Å²) < 4.78 is 5.72. The number of hydrogen-bond acceptors (Lipinski definition) is 3. The van der Waals surface area contributed by atoms with Gasteiger partial charge in [0.25, 0.3) is 0 Å². The number of nitrogens with zero attached hydrogens (tertiary/aromatic N) is 1. The van der Waals surface area contributed by atoms with Crippen molar-refractivity contribution in [3.63, 3.8) is 0 Å². The Morgan fingerprint density at radius 1 is 1.10 bits per heavy atom. The van der Waals surface area contributed by atoms with Crippen LogP contribution in [0.1, 0.15) is 85.8 Å². The highest BCUT2D eigenvalue weighted by Gasteiger charge is 2.51. The van der Waals surface area contributed by atoms with Gasteiger partial charge in [0, 0.05) is 17.5 Å². The lowest BCUT2D eigenvalue weighted by atomic mass is 9.53. The summed E-state index contributed by atoms with van der Waals surface area (Å²) in [4.78, 5) is 14.5. The minimum Gasteiger partial charge on any atom is -0.418 e. The summed E-state index contributed by atoms with van der Waals surface area (Å²) in [6.45, 7) is 14.5. The minimum atomic E-state index is -0.653. The first-order valence-corrected chi connectivity index (χ1v) is 10.9. The molecule has 0 unspecified atom stereocenters. The SMILES string of the molecule is CC(C)N(C(=O)O/C=C1\CCCC[C@@]1([C@@H](O)c1ccccc1)C(C)(C)C)C(C)C. The third-order valence-electron chi connectivity index (χ3n) is 6.39. The van der Waals surface area contributed by atoms with Crippen molar-refractivity contribution in [2.45, 2.75) is 92.3 Å². The number of aliphatic hydroxyl groups excluding tert-OH is 1. The second-order valence-electron chi connectivity index (χ2n) is 9.86. The zero-order chi connectivity index (χ0) is 21.8. The van der Waals surface area contributed by atoms with Gasteiger partial charge >= 0.3 is 6.09 Å². The molecule has 1 aliphatic rings. The van der Waals surface area contributed by atoms with Gasteiger partial charge in [0.05, 0.1) is 12.4 Å². The number of benzene rings is 1. The average molecular weight is 402 g/mol. The van der Waals surface area contributed by atoms with Gasteiger partial charge in [-0.05, 0) is 63.5 Å². The predicted molar refractivity (Wildman–Crippen MR) is 118 cm³/mol. The molecule has 0 heterocycles. The van der Waals surface area contributed by atoms with Crippen molar-refractivity contribution in [2.75, 3.05) is 0 Å². The maximum atomic E-state index is 12.8. The second kappa shape index (κ2) is 9.34. The van der Waals surface area contributed by atoms with E-state index >= 15 is 0 Å². The quantitative estimate of drug-likeness (QED) is 0.576. The molecule has 1 aromatic rings. The summed E-state index contributed by atoms with van der Waals surface area (Å²) in [5.41, 5.74) is 1.27. The predicted octanol–water partition coefficient (Wildman–Crippen LogP) is 6.47. The molecule has 1 aliphatic carbocycles. The van der Waals surface area contributed by atoms with E-state index in [-0.39, 0.29) is 23.6 Å². The summed E-state index contributed by atoms with van der Waals surface area (Å²) in [5.74, 6) is 0. The molecule has 2 rings (SSSR count). The van der Waals surface area contributed by atoms with E-state index in [1.807, 2.05) is 58.0 Å². The smallest absolute Gasteiger partial charge is 0.415 e. The van der Waals surface area contributed by atoms with E-state index in [9.17, 15) is 9.90 Å². The molecule has 0 bridgehead atoms. The van der Waals surface area contributed by atoms with Gasteiger partial charge in [-0.2, -0.15) is 0 Å². The Labute approximate surface area is 176 Å². The molecule has 1 N–H and O–H groups in total. The molecular weight excluding hydrogens is 362 g/mol. The third kappa shape index (κ3) is 4.85. The Hall–Kier alpha value is -1.81. The number of carbonyl (C=O) groups excluding carboxylic acids is 1. The van der Waals surface area contributed by atoms with Crippen LogP contribution in [0.3, 0.4) is 0 Å². The lowest BCUT2D eigenvalue weighted by Crippen LogP contribution is -2.45. The van der Waals surface area contributed by atoms with Crippen molar-refractivity contribution in [3.8, 4) is 0 Å². The van der Waals surface area contributed by atoms with Crippen molar-refractivity contribution in [3.05, 3.63) is 47.7 Å². The largest absolute Gasteiger partial charge is 0.418 e. The van der Waals surface area contributed by atoms with Crippen LogP contribution in [-0.2, 0) is 4.74 Å². The summed E-state index contributed by atoms with van der Waals surface area (Å²) in [7, 11) is 0. The number of aliphatic hydroxyl groups is 1. The van der Waals surface area contributed by atoms with Gasteiger partial charge in [0.2, 0.25) is 0 Å². The Bertz CT molecular complexity index is 695. The van der Waals surface area contributed by atoms with Crippen LogP contribution >= 0.6 is 0 Å². The topological polar surface area (TPSA) is 49.8 Å². The van der Waals surface area contributed by atoms with Crippen LogP contribution in [0.2, 0.25) is 0 Å². The maximum absolute atomic E-state index is 12.8. The van der Waals surface area contributed by atoms with Crippen LogP contribution < -0.4 is 0 Å². The highest BCUT2D eigenvalue weighted by molar-refractivity contribution is 5.69. The summed E-state index contributed by atoms with van der Waals surface area (Å²) >= 11 is 0. The number of hydrogen-bond donors (Lipinski definition) is 1. The Morgan fingerprint density at radius 3 is 2.21 bits per heavy atom. The zero-order valence-corrected chi connectivity index (χ0v) is 19.2. The molecule has 1 aromatic carbocycles. The number of amides is 1. The van der Waals surface area contributed by atoms with Crippen molar-refractivity contribution in [1.29, 1.82) is 0 Å². The lowest BCUT2D eigenvalue weighted by molar-refractivity contribution is -0.0483. The van der Waals surface area contributed by atoms with E-state index in [4.69, 9.17) is 4.74 Å². The van der Waals surface area contributed by atoms with Crippen LogP contribution in [0.5, 0.6) is 0 Å². The highest BCUT2D eigenvalue weighted by atomic mass is 16.5. The molecule has 4 nitrogen and oxygen atoms in total. The molecule has 2 atom stereocenters. The highest BCUT2D eigenvalue weighted by Crippen LogP contribution is 2.59. The molecule has 29 heavy (non-hydrogen) atoms. The molecular formula is C25H39NO3. The molecule has 1 amide bonds. The molecule has 162 valence electrons. The first-order valence-electron chi connectivity index (χ1n) is 10.9. The molecule has 1 fully saturated rings. The van der Waals surface area contributed by atoms with Crippen LogP contribution in [0.15, 0.2) is 42.2 Å². The van der Waals surface area contributed by atoms with E-state index < -0.39 is 11.5 Å². The van der Waals surface area contributed by atoms with Crippen LogP contribution in [-0.4, -0.2) is 28.2 Å². The van der Waals surface area contributed by atoms with Crippen molar-refractivity contribution < 1.29 is 14.6 Å². The van der Waals surface area contributed by atoms with Gasteiger partial charge in [-0.3, -0.25) is 0 Å². The van der Waals surface area contributed by atoms with Crippen LogP contribution in [0, 0.1) is 10.8 Å². The monoisotopic (exact) mass is 401 g/mol. The van der Waals surface area contributed by atoms with E-state index in [0.29, 0.717) is 0 Å². The number of rotatable bonds is 5. The van der Waals surface area contributed by atoms with Gasteiger partial charge in [-0.15, -0.1) is 0 Å². The lowest BCUT2D eigenvalue weighted by Gasteiger charge is -2.52. The number of carbonyl (C=O) groups is 1. The first-order chi connectivity index (χ1) is 13.5. The molecule has 0 aromatic heterocycles. The summed E-state index contributed by atoms with van der Waals surface area (Å²) in [6, 6.07) is 9.98. The molecule has 0 saturated heterocycles. The van der Waals surface area contributed by atoms with Gasteiger partial charge in [0.15, 0.2) is 0 Å². The summed E-state index contributed by atoms with van der Waals surface area (Å²) in [6.07, 6.45) is 4.46. The van der Waals surface area contributed by atoms with Crippen molar-refractivity contribution >= 4 is 6.09 Å². The minimum absolute atomic E-state index is 0.0644. The molecule has 0 spiro atoms. The Kier molecular flexibility index (Phi) is 7.56. The third-order valence-corrected chi connectivity index (χ3v) is 6.39. The maximum Gasteiger partial charge on any atom is 0.415 e. The molecule has 0 aliphatic heterocycles. The van der Waals surface area contributed by atoms with E-state index in [1.54, 1.807) is 11.2 Å². The first kappa shape index (κ1) is 23.5. The van der Waals surface area contributed by atoms with Crippen molar-refractivity contribution in [1.82, 2.24) is 4.90 Å². The molecule has 0 radical (unpaired) electrons. The summed E-state index contributed by atoms with van der Waals surface area (Å²) in [5, 5.41) is 11.6. The molecule has 1 saturated carbocycles. The normalized spacial score (nSPS) is 22.8. The standard InChI is InChI=1S/C25H39NO3/c1-18(2)26(19(3)4)23(28)29-17-21-15-11-12-16-25(21,24(5,6)7)22(27)20-13-9-8-10-14-20/h8-10,13-14,17-19,22,27H,11-12,15-16H2,1-7H3/b21-17+/t22-,25+/m0/s1. The fourth-order valence-corrected chi connectivity index (χ4v) is 4.97. The van der Waals surface area contributed by atoms with Gasteiger partial charge in [-0.1, -0.05) is 57.5 Å². The Balaban J connectivity index is 2.44. The van der Waals surface area contributed by atoms with Crippen molar-refractivity contribution in [2.24, 2.45) is 10.8 Å². The number of ether oxygens (including phenoxy) is 1.